The molecule has 0 saturated carbocycles. The normalized spacial score (nSPS) is 16.7. The van der Waals surface area contributed by atoms with Crippen molar-refractivity contribution in [2.24, 2.45) is 0 Å². The number of aryl methyl sites for hydroxylation is 2. The lowest BCUT2D eigenvalue weighted by molar-refractivity contribution is 0.0115. The van der Waals surface area contributed by atoms with Gasteiger partial charge in [0.25, 0.3) is 0 Å². The van der Waals surface area contributed by atoms with Gasteiger partial charge in [0.05, 0.1) is 36.2 Å². The number of imidazole rings is 1. The van der Waals surface area contributed by atoms with Crippen LogP contribution in [-0.2, 0) is 11.3 Å². The predicted octanol–water partition coefficient (Wildman–Crippen LogP) is 2.62. The minimum Gasteiger partial charge on any atom is -0.379 e. The summed E-state index contributed by atoms with van der Waals surface area (Å²) in [4.78, 5) is 11.6. The Labute approximate surface area is 152 Å². The third kappa shape index (κ3) is 3.27. The summed E-state index contributed by atoms with van der Waals surface area (Å²) in [5.41, 5.74) is 2.89. The number of hydrogen-bond acceptors (Lipinski definition) is 6. The van der Waals surface area contributed by atoms with Crippen LogP contribution in [0.1, 0.15) is 23.2 Å². The fourth-order valence-corrected chi connectivity index (χ4v) is 3.53. The van der Waals surface area contributed by atoms with Crippen LogP contribution in [0.25, 0.3) is 11.4 Å². The molecular weight excluding hydrogens is 330 g/mol. The highest BCUT2D eigenvalue weighted by Gasteiger charge is 2.26. The Kier molecular flexibility index (Phi) is 4.81. The second-order valence-electron chi connectivity index (χ2n) is 6.52. The zero-order valence-corrected chi connectivity index (χ0v) is 15.1. The fourth-order valence-electron chi connectivity index (χ4n) is 3.53. The van der Waals surface area contributed by atoms with Crippen molar-refractivity contribution in [2.75, 3.05) is 26.3 Å². The summed E-state index contributed by atoms with van der Waals surface area (Å²) in [5.74, 6) is 1.67. The summed E-state index contributed by atoms with van der Waals surface area (Å²) in [5, 5.41) is 4.07. The first-order valence-electron chi connectivity index (χ1n) is 8.91. The third-order valence-corrected chi connectivity index (χ3v) is 4.86. The molecule has 1 saturated heterocycles. The maximum absolute atomic E-state index is 5.53. The van der Waals surface area contributed by atoms with Crippen LogP contribution in [0.3, 0.4) is 0 Å². The lowest BCUT2D eigenvalue weighted by Crippen LogP contribution is -2.41. The zero-order valence-electron chi connectivity index (χ0n) is 15.1. The van der Waals surface area contributed by atoms with E-state index in [0.717, 1.165) is 61.4 Å². The standard InChI is InChI=1S/C19H23N5O2/c1-14-18(15(2)26-22-14)19-21-7-8-24(19)13-17(16-5-3-4-6-20-16)23-9-11-25-12-10-23/h3-8,17H,9-13H2,1-2H3. The summed E-state index contributed by atoms with van der Waals surface area (Å²) >= 11 is 0. The van der Waals surface area contributed by atoms with Crippen molar-refractivity contribution in [2.45, 2.75) is 26.4 Å². The molecule has 1 aliphatic rings. The molecule has 0 aliphatic carbocycles. The Balaban J connectivity index is 1.68. The van der Waals surface area contributed by atoms with Gasteiger partial charge in [0.2, 0.25) is 0 Å². The first kappa shape index (κ1) is 16.9. The first-order valence-corrected chi connectivity index (χ1v) is 8.91. The lowest BCUT2D eigenvalue weighted by Gasteiger charge is -2.34. The van der Waals surface area contributed by atoms with Crippen molar-refractivity contribution in [1.82, 2.24) is 24.6 Å². The molecule has 0 bridgehead atoms. The molecule has 0 aromatic carbocycles. The van der Waals surface area contributed by atoms with Gasteiger partial charge in [-0.2, -0.15) is 0 Å². The van der Waals surface area contributed by atoms with Crippen molar-refractivity contribution in [3.05, 3.63) is 53.9 Å². The molecule has 4 heterocycles. The van der Waals surface area contributed by atoms with E-state index in [-0.39, 0.29) is 6.04 Å². The monoisotopic (exact) mass is 353 g/mol. The average Bonchev–Trinajstić information content (AvgIpc) is 3.26. The van der Waals surface area contributed by atoms with Gasteiger partial charge in [-0.1, -0.05) is 11.2 Å². The maximum atomic E-state index is 5.53. The van der Waals surface area contributed by atoms with Gasteiger partial charge < -0.3 is 13.8 Å². The third-order valence-electron chi connectivity index (χ3n) is 4.86. The topological polar surface area (TPSA) is 69.2 Å². The molecular formula is C19H23N5O2. The summed E-state index contributed by atoms with van der Waals surface area (Å²) in [7, 11) is 0. The predicted molar refractivity (Wildman–Crippen MR) is 96.6 cm³/mol. The molecule has 0 N–H and O–H groups in total. The maximum Gasteiger partial charge on any atom is 0.145 e. The smallest absolute Gasteiger partial charge is 0.145 e. The van der Waals surface area contributed by atoms with Gasteiger partial charge in [-0.05, 0) is 26.0 Å². The quantitative estimate of drug-likeness (QED) is 0.702. The van der Waals surface area contributed by atoms with Crippen LogP contribution < -0.4 is 0 Å². The van der Waals surface area contributed by atoms with Gasteiger partial charge in [-0.15, -0.1) is 0 Å². The Morgan fingerprint density at radius 2 is 1.96 bits per heavy atom. The number of hydrogen-bond donors (Lipinski definition) is 0. The van der Waals surface area contributed by atoms with E-state index >= 15 is 0 Å². The second-order valence-corrected chi connectivity index (χ2v) is 6.52. The van der Waals surface area contributed by atoms with E-state index in [1.54, 1.807) is 0 Å². The van der Waals surface area contributed by atoms with Crippen LogP contribution in [-0.4, -0.2) is 50.9 Å². The largest absolute Gasteiger partial charge is 0.379 e. The van der Waals surface area contributed by atoms with Crippen LogP contribution in [0.4, 0.5) is 0 Å². The highest BCUT2D eigenvalue weighted by molar-refractivity contribution is 5.60. The molecule has 1 unspecified atom stereocenters. The molecule has 7 nitrogen and oxygen atoms in total. The van der Waals surface area contributed by atoms with E-state index in [4.69, 9.17) is 9.26 Å². The van der Waals surface area contributed by atoms with Crippen LogP contribution >= 0.6 is 0 Å². The van der Waals surface area contributed by atoms with Crippen molar-refractivity contribution in [1.29, 1.82) is 0 Å². The summed E-state index contributed by atoms with van der Waals surface area (Å²) in [6.07, 6.45) is 5.69. The molecule has 0 spiro atoms. The van der Waals surface area contributed by atoms with E-state index in [0.29, 0.717) is 0 Å². The van der Waals surface area contributed by atoms with Gasteiger partial charge in [0.15, 0.2) is 0 Å². The van der Waals surface area contributed by atoms with Crippen LogP contribution in [0.15, 0.2) is 41.3 Å². The number of ether oxygens (including phenoxy) is 1. The van der Waals surface area contributed by atoms with Crippen LogP contribution in [0.5, 0.6) is 0 Å². The second kappa shape index (κ2) is 7.39. The molecule has 4 rings (SSSR count). The molecule has 136 valence electrons. The van der Waals surface area contributed by atoms with Crippen molar-refractivity contribution < 1.29 is 9.26 Å². The summed E-state index contributed by atoms with van der Waals surface area (Å²) in [6, 6.07) is 6.24. The Hall–Kier alpha value is -2.51. The molecule has 26 heavy (non-hydrogen) atoms. The minimum atomic E-state index is 0.161. The van der Waals surface area contributed by atoms with Crippen molar-refractivity contribution in [3.8, 4) is 11.4 Å². The van der Waals surface area contributed by atoms with Crippen molar-refractivity contribution >= 4 is 0 Å². The fraction of sp³-hybridized carbons (Fsp3) is 0.421. The van der Waals surface area contributed by atoms with Gasteiger partial charge >= 0.3 is 0 Å². The molecule has 0 amide bonds. The van der Waals surface area contributed by atoms with E-state index in [9.17, 15) is 0 Å². The number of pyridine rings is 1. The molecule has 1 fully saturated rings. The Morgan fingerprint density at radius 3 is 2.65 bits per heavy atom. The zero-order chi connectivity index (χ0) is 17.9. The Morgan fingerprint density at radius 1 is 1.12 bits per heavy atom. The molecule has 3 aromatic heterocycles. The van der Waals surface area contributed by atoms with E-state index in [1.807, 2.05) is 44.6 Å². The van der Waals surface area contributed by atoms with Gasteiger partial charge in [0, 0.05) is 38.2 Å². The molecule has 1 atom stereocenters. The van der Waals surface area contributed by atoms with Crippen LogP contribution in [0, 0.1) is 13.8 Å². The minimum absolute atomic E-state index is 0.161. The van der Waals surface area contributed by atoms with Gasteiger partial charge in [0.1, 0.15) is 11.6 Å². The Bertz CT molecular complexity index is 832. The lowest BCUT2D eigenvalue weighted by atomic mass is 10.1. The van der Waals surface area contributed by atoms with Gasteiger partial charge in [-0.3, -0.25) is 9.88 Å². The SMILES string of the molecule is Cc1noc(C)c1-c1nccn1CC(c1ccccn1)N1CCOCC1. The number of nitrogens with zero attached hydrogens (tertiary/aromatic N) is 5. The molecule has 1 aliphatic heterocycles. The number of morpholine rings is 1. The van der Waals surface area contributed by atoms with Gasteiger partial charge in [-0.25, -0.2) is 4.98 Å². The molecule has 0 radical (unpaired) electrons. The van der Waals surface area contributed by atoms with Crippen molar-refractivity contribution in [3.63, 3.8) is 0 Å². The highest BCUT2D eigenvalue weighted by Crippen LogP contribution is 2.28. The number of aromatic nitrogens is 4. The van der Waals surface area contributed by atoms with E-state index in [1.165, 1.54) is 0 Å². The first-order chi connectivity index (χ1) is 12.7. The van der Waals surface area contributed by atoms with Crippen LogP contribution in [0.2, 0.25) is 0 Å². The van der Waals surface area contributed by atoms with E-state index < -0.39 is 0 Å². The summed E-state index contributed by atoms with van der Waals surface area (Å²) in [6.45, 7) is 7.94. The molecule has 7 heteroatoms. The number of rotatable bonds is 5. The molecule has 3 aromatic rings. The summed E-state index contributed by atoms with van der Waals surface area (Å²) < 4.78 is 13.0. The van der Waals surface area contributed by atoms with E-state index in [2.05, 4.69) is 30.7 Å². The average molecular weight is 353 g/mol. The highest BCUT2D eigenvalue weighted by atomic mass is 16.5.